The number of sulfonamides is 1. The van der Waals surface area contributed by atoms with E-state index in [-0.39, 0.29) is 24.3 Å². The van der Waals surface area contributed by atoms with Crippen LogP contribution in [0.3, 0.4) is 0 Å². The van der Waals surface area contributed by atoms with Crippen LogP contribution in [0.4, 0.5) is 24.5 Å². The third kappa shape index (κ3) is 4.04. The van der Waals surface area contributed by atoms with E-state index < -0.39 is 44.2 Å². The van der Waals surface area contributed by atoms with Crippen molar-refractivity contribution in [3.05, 3.63) is 48.0 Å². The summed E-state index contributed by atoms with van der Waals surface area (Å²) in [5, 5.41) is 0. The van der Waals surface area contributed by atoms with E-state index in [0.29, 0.717) is 0 Å². The maximum Gasteiger partial charge on any atom is 0.418 e. The van der Waals surface area contributed by atoms with Crippen LogP contribution in [0.1, 0.15) is 18.4 Å². The summed E-state index contributed by atoms with van der Waals surface area (Å²) in [5.74, 6) is -1.16. The fraction of sp³-hybridized carbons (Fsp3) is 0.222. The number of carbonyl (C=O) groups excluding carboxylic acids is 2. The molecule has 1 fully saturated rings. The summed E-state index contributed by atoms with van der Waals surface area (Å²) in [6, 6.07) is 7.66. The van der Waals surface area contributed by atoms with Crippen LogP contribution in [-0.4, -0.2) is 27.3 Å². The Kier molecular flexibility index (Phi) is 5.26. The van der Waals surface area contributed by atoms with Crippen LogP contribution in [-0.2, 0) is 25.8 Å². The van der Waals surface area contributed by atoms with E-state index in [1.165, 1.54) is 25.3 Å². The van der Waals surface area contributed by atoms with E-state index >= 15 is 0 Å². The Bertz CT molecular complexity index is 1070. The molecule has 0 spiro atoms. The molecule has 2 aromatic carbocycles. The van der Waals surface area contributed by atoms with Crippen molar-refractivity contribution in [2.45, 2.75) is 23.9 Å². The average Bonchev–Trinajstić information content (AvgIpc) is 2.99. The van der Waals surface area contributed by atoms with Gasteiger partial charge in [-0.3, -0.25) is 19.2 Å². The number of imide groups is 1. The second-order valence-corrected chi connectivity index (χ2v) is 7.76. The summed E-state index contributed by atoms with van der Waals surface area (Å²) >= 11 is 0. The molecule has 0 bridgehead atoms. The maximum absolute atomic E-state index is 13.2. The topological polar surface area (TPSA) is 92.8 Å². The lowest BCUT2D eigenvalue weighted by Gasteiger charge is -2.18. The number of amides is 2. The number of methoxy groups -OCH3 is 1. The molecule has 0 aromatic heterocycles. The molecule has 7 nitrogen and oxygen atoms in total. The van der Waals surface area contributed by atoms with Crippen molar-refractivity contribution in [2.75, 3.05) is 16.7 Å². The minimum absolute atomic E-state index is 0.00977. The third-order valence-electron chi connectivity index (χ3n) is 4.22. The molecule has 154 valence electrons. The van der Waals surface area contributed by atoms with Crippen molar-refractivity contribution in [2.24, 2.45) is 0 Å². The molecule has 11 heteroatoms. The molecule has 0 aliphatic carbocycles. The van der Waals surface area contributed by atoms with Gasteiger partial charge in [0, 0.05) is 12.8 Å². The number of para-hydroxylation sites is 1. The Morgan fingerprint density at radius 2 is 1.66 bits per heavy atom. The molecule has 0 atom stereocenters. The average molecular weight is 428 g/mol. The van der Waals surface area contributed by atoms with E-state index in [0.717, 1.165) is 29.2 Å². The van der Waals surface area contributed by atoms with E-state index in [4.69, 9.17) is 4.74 Å². The van der Waals surface area contributed by atoms with Crippen molar-refractivity contribution >= 4 is 33.2 Å². The molecular formula is C18H15F3N2O5S. The van der Waals surface area contributed by atoms with Gasteiger partial charge in [-0.2, -0.15) is 13.2 Å². The number of hydrogen-bond acceptors (Lipinski definition) is 5. The summed E-state index contributed by atoms with van der Waals surface area (Å²) in [5.41, 5.74) is -1.84. The molecule has 1 aliphatic heterocycles. The van der Waals surface area contributed by atoms with Crippen LogP contribution in [0.5, 0.6) is 5.75 Å². The molecule has 29 heavy (non-hydrogen) atoms. The predicted octanol–water partition coefficient (Wildman–Crippen LogP) is 3.17. The number of nitrogens with zero attached hydrogens (tertiary/aromatic N) is 1. The van der Waals surface area contributed by atoms with Crippen LogP contribution < -0.4 is 14.4 Å². The van der Waals surface area contributed by atoms with Crippen LogP contribution >= 0.6 is 0 Å². The molecule has 1 N–H and O–H groups in total. The summed E-state index contributed by atoms with van der Waals surface area (Å²) < 4.78 is 72.2. The Hall–Kier alpha value is -3.08. The van der Waals surface area contributed by atoms with E-state index in [2.05, 4.69) is 0 Å². The first kappa shape index (κ1) is 20.6. The zero-order valence-electron chi connectivity index (χ0n) is 15.0. The third-order valence-corrected chi connectivity index (χ3v) is 5.61. The van der Waals surface area contributed by atoms with Crippen LogP contribution in [0, 0.1) is 0 Å². The van der Waals surface area contributed by atoms with Gasteiger partial charge in [0.2, 0.25) is 11.8 Å². The Labute approximate surface area is 164 Å². The Morgan fingerprint density at radius 1 is 1.03 bits per heavy atom. The summed E-state index contributed by atoms with van der Waals surface area (Å²) in [6.07, 6.45) is -4.80. The number of ether oxygens (including phenoxy) is 1. The van der Waals surface area contributed by atoms with Gasteiger partial charge in [-0.1, -0.05) is 12.1 Å². The highest BCUT2D eigenvalue weighted by atomic mass is 32.2. The van der Waals surface area contributed by atoms with Crippen molar-refractivity contribution in [3.8, 4) is 5.75 Å². The quantitative estimate of drug-likeness (QED) is 0.739. The molecule has 1 heterocycles. The standard InChI is InChI=1S/C18H15F3N2O5S/c1-28-14-7-6-11(23-16(24)8-9-17(23)25)10-15(14)29(26,27)22-13-5-3-2-4-12(13)18(19,20)21/h2-7,10,22H,8-9H2,1H3. The van der Waals surface area contributed by atoms with Gasteiger partial charge in [0.1, 0.15) is 10.6 Å². The lowest BCUT2D eigenvalue weighted by atomic mass is 10.2. The largest absolute Gasteiger partial charge is 0.495 e. The maximum atomic E-state index is 13.2. The molecule has 0 radical (unpaired) electrons. The zero-order chi connectivity index (χ0) is 21.4. The summed E-state index contributed by atoms with van der Waals surface area (Å²) in [7, 11) is -3.37. The number of hydrogen-bond donors (Lipinski definition) is 1. The van der Waals surface area contributed by atoms with Crippen molar-refractivity contribution in [1.29, 1.82) is 0 Å². The number of carbonyl (C=O) groups is 2. The zero-order valence-corrected chi connectivity index (χ0v) is 15.8. The van der Waals surface area contributed by atoms with Crippen LogP contribution in [0.15, 0.2) is 47.4 Å². The summed E-state index contributed by atoms with van der Waals surface area (Å²) in [4.78, 5) is 24.2. The Balaban J connectivity index is 2.06. The number of benzene rings is 2. The molecule has 1 saturated heterocycles. The molecule has 0 saturated carbocycles. The van der Waals surface area contributed by atoms with Gasteiger partial charge < -0.3 is 4.74 Å². The van der Waals surface area contributed by atoms with E-state index in [1.54, 1.807) is 0 Å². The molecule has 1 aliphatic rings. The van der Waals surface area contributed by atoms with Gasteiger partial charge in [0.05, 0.1) is 24.0 Å². The number of anilines is 2. The number of nitrogens with one attached hydrogen (secondary N) is 1. The van der Waals surface area contributed by atoms with Gasteiger partial charge in [-0.25, -0.2) is 8.42 Å². The first-order valence-electron chi connectivity index (χ1n) is 8.27. The number of rotatable bonds is 5. The van der Waals surface area contributed by atoms with Crippen molar-refractivity contribution in [1.82, 2.24) is 0 Å². The second kappa shape index (κ2) is 7.39. The molecule has 0 unspecified atom stereocenters. The van der Waals surface area contributed by atoms with Crippen molar-refractivity contribution < 1.29 is 35.9 Å². The smallest absolute Gasteiger partial charge is 0.418 e. The van der Waals surface area contributed by atoms with E-state index in [9.17, 15) is 31.2 Å². The first-order valence-corrected chi connectivity index (χ1v) is 9.76. The second-order valence-electron chi connectivity index (χ2n) is 6.11. The fourth-order valence-electron chi connectivity index (χ4n) is 2.90. The van der Waals surface area contributed by atoms with Gasteiger partial charge >= 0.3 is 6.18 Å². The number of alkyl halides is 3. The minimum atomic E-state index is -4.78. The predicted molar refractivity (Wildman–Crippen MR) is 97.0 cm³/mol. The normalized spacial score (nSPS) is 15.0. The van der Waals surface area contributed by atoms with Gasteiger partial charge in [0.25, 0.3) is 10.0 Å². The minimum Gasteiger partial charge on any atom is -0.495 e. The highest BCUT2D eigenvalue weighted by Crippen LogP contribution is 2.37. The van der Waals surface area contributed by atoms with E-state index in [1.807, 2.05) is 4.72 Å². The van der Waals surface area contributed by atoms with Gasteiger partial charge in [0.15, 0.2) is 0 Å². The molecular weight excluding hydrogens is 413 g/mol. The van der Waals surface area contributed by atoms with Crippen molar-refractivity contribution in [3.63, 3.8) is 0 Å². The lowest BCUT2D eigenvalue weighted by Crippen LogP contribution is -2.29. The first-order chi connectivity index (χ1) is 13.5. The van der Waals surface area contributed by atoms with Crippen LogP contribution in [0.2, 0.25) is 0 Å². The van der Waals surface area contributed by atoms with Gasteiger partial charge in [-0.15, -0.1) is 0 Å². The number of halogens is 3. The summed E-state index contributed by atoms with van der Waals surface area (Å²) in [6.45, 7) is 0. The molecule has 2 amide bonds. The highest BCUT2D eigenvalue weighted by molar-refractivity contribution is 7.92. The molecule has 2 aromatic rings. The fourth-order valence-corrected chi connectivity index (χ4v) is 4.17. The monoisotopic (exact) mass is 428 g/mol. The lowest BCUT2D eigenvalue weighted by molar-refractivity contribution is -0.137. The highest BCUT2D eigenvalue weighted by Gasteiger charge is 2.35. The van der Waals surface area contributed by atoms with Gasteiger partial charge in [-0.05, 0) is 30.3 Å². The molecule has 3 rings (SSSR count). The Morgan fingerprint density at radius 3 is 2.24 bits per heavy atom. The SMILES string of the molecule is COc1ccc(N2C(=O)CCC2=O)cc1S(=O)(=O)Nc1ccccc1C(F)(F)F. The van der Waals surface area contributed by atoms with Crippen LogP contribution in [0.25, 0.3) is 0 Å².